The topological polar surface area (TPSA) is 71.4 Å². The lowest BCUT2D eigenvalue weighted by molar-refractivity contribution is -0.153. The maximum absolute atomic E-state index is 12.7. The smallest absolute Gasteiger partial charge is 0.422 e. The molecule has 5 nitrogen and oxygen atoms in total. The fraction of sp³-hybridized carbons (Fsp3) is 0.389. The Hall–Kier alpha value is -2.26. The SMILES string of the molecule is C=c1[nH]c(=O)c(=Cc2cccc(OCC(F)(F)F)c2N2CCCC(N)C2)s1. The first-order chi connectivity index (χ1) is 12.7. The largest absolute Gasteiger partial charge is 0.482 e. The van der Waals surface area contributed by atoms with E-state index in [1.807, 2.05) is 4.90 Å². The summed E-state index contributed by atoms with van der Waals surface area (Å²) in [6.07, 6.45) is -1.11. The molecule has 3 rings (SSSR count). The number of nitrogens with zero attached hydrogens (tertiary/aromatic N) is 1. The number of alkyl halides is 3. The number of hydrogen-bond donors (Lipinski definition) is 2. The number of para-hydroxylation sites is 1. The van der Waals surface area contributed by atoms with Gasteiger partial charge in [0.15, 0.2) is 6.61 Å². The Morgan fingerprint density at radius 3 is 2.85 bits per heavy atom. The molecule has 1 saturated heterocycles. The summed E-state index contributed by atoms with van der Waals surface area (Å²) in [5.74, 6) is 0.123. The zero-order chi connectivity index (χ0) is 19.6. The van der Waals surface area contributed by atoms with Crippen molar-refractivity contribution in [2.24, 2.45) is 5.73 Å². The van der Waals surface area contributed by atoms with Crippen molar-refractivity contribution in [3.63, 3.8) is 0 Å². The number of aromatic nitrogens is 1. The first-order valence-electron chi connectivity index (χ1n) is 8.46. The van der Waals surface area contributed by atoms with Crippen molar-refractivity contribution in [2.45, 2.75) is 25.1 Å². The van der Waals surface area contributed by atoms with Crippen LogP contribution >= 0.6 is 11.3 Å². The van der Waals surface area contributed by atoms with Crippen LogP contribution in [0.4, 0.5) is 18.9 Å². The summed E-state index contributed by atoms with van der Waals surface area (Å²) in [6, 6.07) is 4.79. The fourth-order valence-corrected chi connectivity index (χ4v) is 3.85. The maximum atomic E-state index is 12.7. The van der Waals surface area contributed by atoms with Gasteiger partial charge in [-0.1, -0.05) is 18.7 Å². The van der Waals surface area contributed by atoms with Gasteiger partial charge in [0.2, 0.25) is 0 Å². The summed E-state index contributed by atoms with van der Waals surface area (Å²) < 4.78 is 44.0. The van der Waals surface area contributed by atoms with Crippen molar-refractivity contribution in [2.75, 3.05) is 24.6 Å². The molecule has 0 spiro atoms. The number of benzene rings is 1. The highest BCUT2D eigenvalue weighted by Crippen LogP contribution is 2.35. The predicted molar refractivity (Wildman–Crippen MR) is 101 cm³/mol. The number of H-pyrrole nitrogens is 1. The van der Waals surface area contributed by atoms with Gasteiger partial charge in [-0.2, -0.15) is 13.2 Å². The number of piperidine rings is 1. The van der Waals surface area contributed by atoms with Gasteiger partial charge >= 0.3 is 6.18 Å². The Bertz CT molecular complexity index is 967. The number of ether oxygens (including phenoxy) is 1. The Kier molecular flexibility index (Phi) is 5.61. The first kappa shape index (κ1) is 19.5. The maximum Gasteiger partial charge on any atom is 0.422 e. The second kappa shape index (κ2) is 7.77. The first-order valence-corrected chi connectivity index (χ1v) is 9.27. The highest BCUT2D eigenvalue weighted by atomic mass is 32.1. The normalized spacial score (nSPS) is 18.7. The molecular formula is C18H20F3N3O2S. The van der Waals surface area contributed by atoms with Crippen LogP contribution in [0.1, 0.15) is 18.4 Å². The van der Waals surface area contributed by atoms with E-state index in [0.29, 0.717) is 33.5 Å². The van der Waals surface area contributed by atoms with E-state index in [-0.39, 0.29) is 17.4 Å². The van der Waals surface area contributed by atoms with Gasteiger partial charge in [-0.3, -0.25) is 4.79 Å². The molecule has 1 fully saturated rings. The average Bonchev–Trinajstić information content (AvgIpc) is 2.89. The second-order valence-electron chi connectivity index (χ2n) is 6.43. The lowest BCUT2D eigenvalue weighted by Crippen LogP contribution is -2.43. The van der Waals surface area contributed by atoms with E-state index in [1.54, 1.807) is 18.2 Å². The third-order valence-corrected chi connectivity index (χ3v) is 5.06. The Labute approximate surface area is 157 Å². The summed E-state index contributed by atoms with van der Waals surface area (Å²) in [5, 5.41) is 0. The summed E-state index contributed by atoms with van der Waals surface area (Å²) in [6.45, 7) is 3.49. The number of anilines is 1. The fourth-order valence-electron chi connectivity index (χ4n) is 3.11. The van der Waals surface area contributed by atoms with Crippen LogP contribution in [0.15, 0.2) is 23.0 Å². The molecule has 1 aromatic heterocycles. The Balaban J connectivity index is 2.09. The molecule has 2 aromatic rings. The summed E-state index contributed by atoms with van der Waals surface area (Å²) in [4.78, 5) is 16.5. The zero-order valence-corrected chi connectivity index (χ0v) is 15.3. The van der Waals surface area contributed by atoms with E-state index in [4.69, 9.17) is 10.5 Å². The van der Waals surface area contributed by atoms with Crippen LogP contribution in [0.5, 0.6) is 5.75 Å². The molecule has 27 heavy (non-hydrogen) atoms. The zero-order valence-electron chi connectivity index (χ0n) is 14.5. The molecule has 146 valence electrons. The van der Waals surface area contributed by atoms with E-state index in [9.17, 15) is 18.0 Å². The molecule has 1 aromatic carbocycles. The van der Waals surface area contributed by atoms with Crippen molar-refractivity contribution in [3.8, 4) is 5.75 Å². The predicted octanol–water partition coefficient (Wildman–Crippen LogP) is 1.54. The summed E-state index contributed by atoms with van der Waals surface area (Å²) in [5.41, 5.74) is 6.90. The van der Waals surface area contributed by atoms with Crippen LogP contribution in [0.3, 0.4) is 0 Å². The number of nitrogens with one attached hydrogen (secondary N) is 1. The standard InChI is InChI=1S/C18H20F3N3O2S/c1-11-23-17(25)15(27-11)8-12-4-2-6-14(26-10-18(19,20)21)16(12)24-7-3-5-13(22)9-24/h2,4,6,8,13H,1,3,5,7,9-10,22H2,(H,23,25). The molecule has 1 atom stereocenters. The van der Waals surface area contributed by atoms with Crippen molar-refractivity contribution in [3.05, 3.63) is 43.3 Å². The molecule has 0 saturated carbocycles. The third-order valence-electron chi connectivity index (χ3n) is 4.19. The monoisotopic (exact) mass is 399 g/mol. The van der Waals surface area contributed by atoms with Gasteiger partial charge < -0.3 is 20.4 Å². The number of halogens is 3. The highest BCUT2D eigenvalue weighted by molar-refractivity contribution is 7.07. The number of thiazole rings is 1. The van der Waals surface area contributed by atoms with Crippen LogP contribution in [-0.2, 0) is 0 Å². The lowest BCUT2D eigenvalue weighted by Gasteiger charge is -2.34. The van der Waals surface area contributed by atoms with Crippen molar-refractivity contribution >= 4 is 29.7 Å². The molecule has 1 aliphatic heterocycles. The molecule has 0 amide bonds. The van der Waals surface area contributed by atoms with E-state index in [2.05, 4.69) is 11.6 Å². The Morgan fingerprint density at radius 1 is 1.44 bits per heavy atom. The van der Waals surface area contributed by atoms with Crippen LogP contribution < -0.4 is 30.1 Å². The van der Waals surface area contributed by atoms with E-state index < -0.39 is 12.8 Å². The van der Waals surface area contributed by atoms with E-state index in [1.165, 1.54) is 17.4 Å². The molecule has 3 N–H and O–H groups in total. The van der Waals surface area contributed by atoms with Crippen LogP contribution in [0.2, 0.25) is 0 Å². The minimum atomic E-state index is -4.44. The van der Waals surface area contributed by atoms with Gasteiger partial charge in [0.1, 0.15) is 5.75 Å². The summed E-state index contributed by atoms with van der Waals surface area (Å²) >= 11 is 1.19. The Morgan fingerprint density at radius 2 is 2.22 bits per heavy atom. The van der Waals surface area contributed by atoms with Crippen molar-refractivity contribution in [1.82, 2.24) is 4.98 Å². The van der Waals surface area contributed by atoms with Crippen molar-refractivity contribution in [1.29, 1.82) is 0 Å². The molecule has 9 heteroatoms. The minimum absolute atomic E-state index is 0.0705. The third kappa shape index (κ3) is 4.92. The van der Waals surface area contributed by atoms with Crippen molar-refractivity contribution < 1.29 is 17.9 Å². The number of hydrogen-bond acceptors (Lipinski definition) is 5. The minimum Gasteiger partial charge on any atom is -0.482 e. The van der Waals surface area contributed by atoms with Crippen LogP contribution in [0, 0.1) is 0 Å². The molecule has 0 radical (unpaired) electrons. The van der Waals surface area contributed by atoms with E-state index >= 15 is 0 Å². The molecule has 1 aliphatic rings. The van der Waals surface area contributed by atoms with Gasteiger partial charge in [-0.25, -0.2) is 0 Å². The molecule has 1 unspecified atom stereocenters. The van der Waals surface area contributed by atoms with Gasteiger partial charge in [0.25, 0.3) is 5.56 Å². The highest BCUT2D eigenvalue weighted by Gasteiger charge is 2.30. The molecule has 0 aliphatic carbocycles. The number of nitrogens with two attached hydrogens (primary N) is 1. The van der Waals surface area contributed by atoms with Gasteiger partial charge in [0, 0.05) is 24.7 Å². The quantitative estimate of drug-likeness (QED) is 0.818. The van der Waals surface area contributed by atoms with E-state index in [0.717, 1.165) is 12.8 Å². The van der Waals surface area contributed by atoms with Gasteiger partial charge in [-0.15, -0.1) is 11.3 Å². The number of rotatable bonds is 4. The van der Waals surface area contributed by atoms with Crippen LogP contribution in [0.25, 0.3) is 12.7 Å². The van der Waals surface area contributed by atoms with Gasteiger partial charge in [0.05, 0.1) is 14.9 Å². The lowest BCUT2D eigenvalue weighted by atomic mass is 10.0. The number of aromatic amines is 1. The molecule has 2 heterocycles. The molecular weight excluding hydrogens is 379 g/mol. The molecule has 0 bridgehead atoms. The average molecular weight is 399 g/mol. The summed E-state index contributed by atoms with van der Waals surface area (Å²) in [7, 11) is 0. The van der Waals surface area contributed by atoms with Gasteiger partial charge in [-0.05, 0) is 25.0 Å². The second-order valence-corrected chi connectivity index (χ2v) is 7.57. The van der Waals surface area contributed by atoms with Crippen LogP contribution in [-0.4, -0.2) is 36.9 Å².